The number of halogens is 1. The Balaban J connectivity index is 1.63. The average molecular weight is 539 g/mol. The summed E-state index contributed by atoms with van der Waals surface area (Å²) < 4.78 is 11.9. The van der Waals surface area contributed by atoms with Crippen LogP contribution in [0.4, 0.5) is 17.1 Å². The minimum atomic E-state index is -0.733. The van der Waals surface area contributed by atoms with Crippen molar-refractivity contribution < 1.29 is 19.0 Å². The maximum absolute atomic E-state index is 11.5. The van der Waals surface area contributed by atoms with Gasteiger partial charge < -0.3 is 9.15 Å². The first-order valence-corrected chi connectivity index (χ1v) is 10.8. The van der Waals surface area contributed by atoms with Crippen LogP contribution >= 0.6 is 15.9 Å². The van der Waals surface area contributed by atoms with E-state index in [4.69, 9.17) is 9.15 Å². The Morgan fingerprint density at radius 2 is 1.71 bits per heavy atom. The third-order valence-electron chi connectivity index (χ3n) is 4.85. The molecule has 4 rings (SSSR count). The number of hydrogen-bond acceptors (Lipinski definition) is 9. The smallest absolute Gasteiger partial charge is 0.336 e. The predicted octanol–water partition coefficient (Wildman–Crippen LogP) is 5.27. The maximum atomic E-state index is 11.5. The second kappa shape index (κ2) is 10.1. The van der Waals surface area contributed by atoms with Gasteiger partial charge in [-0.15, -0.1) is 0 Å². The van der Waals surface area contributed by atoms with Crippen molar-refractivity contribution in [1.82, 2.24) is 0 Å². The third-order valence-corrected chi connectivity index (χ3v) is 5.38. The molecule has 0 radical (unpaired) electrons. The van der Waals surface area contributed by atoms with Crippen molar-refractivity contribution >= 4 is 49.7 Å². The third kappa shape index (κ3) is 5.68. The van der Waals surface area contributed by atoms with Crippen LogP contribution in [0.3, 0.4) is 0 Å². The molecular formula is C23H15BrN4O7. The highest BCUT2D eigenvalue weighted by Gasteiger charge is 2.19. The Bertz CT molecular complexity index is 1520. The molecule has 0 unspecified atom stereocenters. The maximum Gasteiger partial charge on any atom is 0.336 e. The van der Waals surface area contributed by atoms with E-state index in [1.807, 2.05) is 0 Å². The molecule has 12 heteroatoms. The molecule has 0 aliphatic heterocycles. The molecule has 0 aliphatic rings. The molecule has 0 fully saturated rings. The minimum Gasteiger partial charge on any atom is -0.487 e. The van der Waals surface area contributed by atoms with E-state index in [0.717, 1.165) is 22.0 Å². The summed E-state index contributed by atoms with van der Waals surface area (Å²) in [6, 6.07) is 18.3. The largest absolute Gasteiger partial charge is 0.487 e. The van der Waals surface area contributed by atoms with Crippen molar-refractivity contribution in [3.05, 3.63) is 113 Å². The number of non-ortho nitro benzene ring substituents is 1. The zero-order valence-corrected chi connectivity index (χ0v) is 19.3. The van der Waals surface area contributed by atoms with Gasteiger partial charge in [-0.1, -0.05) is 28.1 Å². The van der Waals surface area contributed by atoms with E-state index in [1.54, 1.807) is 48.5 Å². The highest BCUT2D eigenvalue weighted by molar-refractivity contribution is 9.10. The topological polar surface area (TPSA) is 150 Å². The van der Waals surface area contributed by atoms with Gasteiger partial charge in [0, 0.05) is 33.6 Å². The van der Waals surface area contributed by atoms with Gasteiger partial charge in [-0.25, -0.2) is 4.79 Å². The van der Waals surface area contributed by atoms with Crippen LogP contribution in [0.5, 0.6) is 5.75 Å². The van der Waals surface area contributed by atoms with Crippen LogP contribution < -0.4 is 15.8 Å². The lowest BCUT2D eigenvalue weighted by molar-refractivity contribution is -0.393. The molecule has 11 nitrogen and oxygen atoms in total. The van der Waals surface area contributed by atoms with Gasteiger partial charge in [-0.2, -0.15) is 5.10 Å². The minimum absolute atomic E-state index is 0.0253. The van der Waals surface area contributed by atoms with Crippen LogP contribution in [-0.4, -0.2) is 22.2 Å². The second-order valence-electron chi connectivity index (χ2n) is 7.14. The number of nitrogens with one attached hydrogen (secondary N) is 1. The molecule has 0 atom stereocenters. The van der Waals surface area contributed by atoms with Crippen molar-refractivity contribution in [2.45, 2.75) is 0 Å². The fraction of sp³-hybridized carbons (Fsp3) is 0.0435. The van der Waals surface area contributed by atoms with E-state index in [1.165, 1.54) is 12.1 Å². The standard InChI is InChI=1S/C23H15BrN4O7/c24-16-5-1-14(2-6-16)20(13-34-18-8-3-15-4-10-23(29)35-22(15)12-18)26-25-19-9-7-17(27(30)31)11-21(19)28(32)33/h1-12,25H,13H2/b26-20-. The highest BCUT2D eigenvalue weighted by atomic mass is 79.9. The van der Waals surface area contributed by atoms with Crippen LogP contribution in [0.25, 0.3) is 11.0 Å². The summed E-state index contributed by atoms with van der Waals surface area (Å²) in [6.45, 7) is -0.0437. The van der Waals surface area contributed by atoms with Gasteiger partial charge in [0.25, 0.3) is 5.69 Å². The zero-order valence-electron chi connectivity index (χ0n) is 17.7. The van der Waals surface area contributed by atoms with Gasteiger partial charge in [-0.3, -0.25) is 25.7 Å². The quantitative estimate of drug-likeness (QED) is 0.138. The Labute approximate surface area is 205 Å². The normalized spacial score (nSPS) is 11.3. The Morgan fingerprint density at radius 1 is 0.971 bits per heavy atom. The van der Waals surface area contributed by atoms with Gasteiger partial charge in [0.15, 0.2) is 0 Å². The molecule has 0 saturated carbocycles. The second-order valence-corrected chi connectivity index (χ2v) is 8.05. The van der Waals surface area contributed by atoms with Crippen LogP contribution in [0, 0.1) is 20.2 Å². The fourth-order valence-corrected chi connectivity index (χ4v) is 3.38. The Kier molecular flexibility index (Phi) is 6.83. The molecule has 1 aromatic heterocycles. The molecule has 0 saturated heterocycles. The number of nitro benzene ring substituents is 2. The first-order valence-electron chi connectivity index (χ1n) is 9.98. The van der Waals surface area contributed by atoms with Crippen molar-refractivity contribution in [1.29, 1.82) is 0 Å². The molecule has 1 N–H and O–H groups in total. The van der Waals surface area contributed by atoms with E-state index < -0.39 is 26.8 Å². The number of hydrogen-bond donors (Lipinski definition) is 1. The summed E-state index contributed by atoms with van der Waals surface area (Å²) in [5.74, 6) is 0.415. The molecule has 4 aromatic rings. The van der Waals surface area contributed by atoms with Gasteiger partial charge in [0.05, 0.1) is 15.9 Å². The molecule has 0 bridgehead atoms. The SMILES string of the molecule is O=c1ccc2ccc(OC/C(=N/Nc3ccc([N+](=O)[O-])cc3[N+](=O)[O-])c3ccc(Br)cc3)cc2o1. The summed E-state index contributed by atoms with van der Waals surface area (Å²) in [4.78, 5) is 32.5. The van der Waals surface area contributed by atoms with Gasteiger partial charge >= 0.3 is 11.3 Å². The number of nitro groups is 2. The Morgan fingerprint density at radius 3 is 2.43 bits per heavy atom. The lowest BCUT2D eigenvalue weighted by Crippen LogP contribution is -2.15. The number of hydrazone groups is 1. The van der Waals surface area contributed by atoms with Crippen molar-refractivity contribution in [3.8, 4) is 5.75 Å². The number of rotatable bonds is 8. The predicted molar refractivity (Wildman–Crippen MR) is 132 cm³/mol. The number of anilines is 1. The number of fused-ring (bicyclic) bond motifs is 1. The molecule has 35 heavy (non-hydrogen) atoms. The number of nitrogens with zero attached hydrogens (tertiary/aromatic N) is 3. The van der Waals surface area contributed by atoms with Crippen LogP contribution in [0.15, 0.2) is 91.6 Å². The summed E-state index contributed by atoms with van der Waals surface area (Å²) in [5, 5.41) is 27.4. The summed E-state index contributed by atoms with van der Waals surface area (Å²) in [7, 11) is 0. The van der Waals surface area contributed by atoms with Crippen molar-refractivity contribution in [2.75, 3.05) is 12.0 Å². The van der Waals surface area contributed by atoms with Gasteiger partial charge in [0.1, 0.15) is 29.3 Å². The molecular weight excluding hydrogens is 524 g/mol. The van der Waals surface area contributed by atoms with E-state index in [0.29, 0.717) is 22.6 Å². The summed E-state index contributed by atoms with van der Waals surface area (Å²) in [6.07, 6.45) is 0. The summed E-state index contributed by atoms with van der Waals surface area (Å²) >= 11 is 3.37. The number of benzene rings is 3. The zero-order chi connectivity index (χ0) is 24.9. The van der Waals surface area contributed by atoms with Crippen molar-refractivity contribution in [2.24, 2.45) is 5.10 Å². The first kappa shape index (κ1) is 23.6. The Hall–Kier alpha value is -4.58. The average Bonchev–Trinajstić information content (AvgIpc) is 2.84. The fourth-order valence-electron chi connectivity index (χ4n) is 3.11. The van der Waals surface area contributed by atoms with Gasteiger partial charge in [0.2, 0.25) is 0 Å². The van der Waals surface area contributed by atoms with Gasteiger partial charge in [-0.05, 0) is 36.4 Å². The molecule has 1 heterocycles. The van der Waals surface area contributed by atoms with E-state index >= 15 is 0 Å². The lowest BCUT2D eigenvalue weighted by atomic mass is 10.1. The molecule has 0 amide bonds. The highest BCUT2D eigenvalue weighted by Crippen LogP contribution is 2.29. The first-order chi connectivity index (χ1) is 16.8. The molecule has 176 valence electrons. The van der Waals surface area contributed by atoms with Crippen LogP contribution in [0.1, 0.15) is 5.56 Å². The lowest BCUT2D eigenvalue weighted by Gasteiger charge is -2.11. The van der Waals surface area contributed by atoms with Crippen LogP contribution in [0.2, 0.25) is 0 Å². The molecule has 3 aromatic carbocycles. The number of ether oxygens (including phenoxy) is 1. The molecule has 0 spiro atoms. The van der Waals surface area contributed by atoms with E-state index in [2.05, 4.69) is 26.5 Å². The molecule has 0 aliphatic carbocycles. The monoisotopic (exact) mass is 538 g/mol. The van der Waals surface area contributed by atoms with Crippen LogP contribution in [-0.2, 0) is 0 Å². The van der Waals surface area contributed by atoms with E-state index in [9.17, 15) is 25.0 Å². The summed E-state index contributed by atoms with van der Waals surface area (Å²) in [5.41, 5.74) is 2.61. The van der Waals surface area contributed by atoms with Crippen molar-refractivity contribution in [3.63, 3.8) is 0 Å². The van der Waals surface area contributed by atoms with E-state index in [-0.39, 0.29) is 12.3 Å².